The molecule has 1 unspecified atom stereocenters. The van der Waals surface area contributed by atoms with Crippen molar-refractivity contribution in [1.29, 1.82) is 0 Å². The van der Waals surface area contributed by atoms with Gasteiger partial charge in [-0.05, 0) is 67.6 Å². The first-order valence-electron chi connectivity index (χ1n) is 12.0. The lowest BCUT2D eigenvalue weighted by molar-refractivity contribution is -0.131. The Morgan fingerprint density at radius 1 is 1.11 bits per heavy atom. The molecule has 4 amide bonds. The zero-order valence-corrected chi connectivity index (χ0v) is 20.0. The average Bonchev–Trinajstić information content (AvgIpc) is 2.86. The molecule has 1 heterocycles. The summed E-state index contributed by atoms with van der Waals surface area (Å²) in [6.45, 7) is 4.15. The number of rotatable bonds is 10. The molecule has 1 aliphatic rings. The van der Waals surface area contributed by atoms with E-state index in [1.54, 1.807) is 35.2 Å². The van der Waals surface area contributed by atoms with Gasteiger partial charge in [0.25, 0.3) is 5.91 Å². The fraction of sp³-hybridized carbons (Fsp3) is 0.423. The Kier molecular flexibility index (Phi) is 9.89. The van der Waals surface area contributed by atoms with Crippen molar-refractivity contribution in [3.05, 3.63) is 59.9 Å². The topological polar surface area (TPSA) is 99.8 Å². The van der Waals surface area contributed by atoms with Crippen molar-refractivity contribution < 1.29 is 23.5 Å². The van der Waals surface area contributed by atoms with Gasteiger partial charge in [-0.1, -0.05) is 19.4 Å². The van der Waals surface area contributed by atoms with Gasteiger partial charge in [0.1, 0.15) is 11.6 Å². The molecule has 0 radical (unpaired) electrons. The number of nitrogens with one attached hydrogen (secondary N) is 3. The molecule has 0 saturated carbocycles. The van der Waals surface area contributed by atoms with Crippen molar-refractivity contribution in [3.8, 4) is 5.75 Å². The molecule has 0 aliphatic carbocycles. The fourth-order valence-electron chi connectivity index (χ4n) is 3.84. The van der Waals surface area contributed by atoms with E-state index in [1.807, 2.05) is 0 Å². The number of urea groups is 1. The van der Waals surface area contributed by atoms with E-state index < -0.39 is 11.8 Å². The number of hydrogen-bond acceptors (Lipinski definition) is 4. The number of benzene rings is 2. The Bertz CT molecular complexity index is 999. The van der Waals surface area contributed by atoms with Gasteiger partial charge < -0.3 is 25.6 Å². The molecule has 2 aromatic carbocycles. The van der Waals surface area contributed by atoms with Crippen LogP contribution in [0, 0.1) is 11.7 Å². The Morgan fingerprint density at radius 3 is 2.66 bits per heavy atom. The highest BCUT2D eigenvalue weighted by Crippen LogP contribution is 2.16. The van der Waals surface area contributed by atoms with E-state index in [0.717, 1.165) is 25.7 Å². The maximum Gasteiger partial charge on any atom is 0.319 e. The smallest absolute Gasteiger partial charge is 0.319 e. The number of unbranched alkanes of at least 4 members (excludes halogenated alkanes) is 1. The number of hydrogen-bond donors (Lipinski definition) is 3. The van der Waals surface area contributed by atoms with Crippen molar-refractivity contribution in [2.75, 3.05) is 38.1 Å². The third-order valence-corrected chi connectivity index (χ3v) is 5.79. The van der Waals surface area contributed by atoms with E-state index >= 15 is 0 Å². The number of carbonyl (C=O) groups is 3. The fourth-order valence-corrected chi connectivity index (χ4v) is 3.84. The first-order valence-corrected chi connectivity index (χ1v) is 12.0. The molecule has 188 valence electrons. The monoisotopic (exact) mass is 484 g/mol. The van der Waals surface area contributed by atoms with Crippen LogP contribution in [-0.2, 0) is 4.79 Å². The van der Waals surface area contributed by atoms with Gasteiger partial charge in [-0.2, -0.15) is 0 Å². The minimum atomic E-state index is -0.426. The molecule has 1 atom stereocenters. The van der Waals surface area contributed by atoms with Crippen molar-refractivity contribution >= 4 is 23.5 Å². The maximum atomic E-state index is 13.2. The SMILES string of the molecule is CCCCOc1ccc(C(=O)NCC(=O)N2CCCC(CNC(=O)Nc3cccc(F)c3)C2)cc1. The zero-order valence-electron chi connectivity index (χ0n) is 20.0. The molecule has 0 aromatic heterocycles. The molecule has 0 spiro atoms. The highest BCUT2D eigenvalue weighted by Gasteiger charge is 2.24. The zero-order chi connectivity index (χ0) is 25.0. The third kappa shape index (κ3) is 8.59. The van der Waals surface area contributed by atoms with Crippen molar-refractivity contribution in [1.82, 2.24) is 15.5 Å². The predicted molar refractivity (Wildman–Crippen MR) is 132 cm³/mol. The van der Waals surface area contributed by atoms with Crippen LogP contribution in [0.2, 0.25) is 0 Å². The van der Waals surface area contributed by atoms with E-state index in [-0.39, 0.29) is 24.3 Å². The summed E-state index contributed by atoms with van der Waals surface area (Å²) in [6, 6.07) is 12.1. The summed E-state index contributed by atoms with van der Waals surface area (Å²) in [5.41, 5.74) is 0.836. The van der Waals surface area contributed by atoms with Crippen LogP contribution in [0.15, 0.2) is 48.5 Å². The molecule has 0 bridgehead atoms. The lowest BCUT2D eigenvalue weighted by Crippen LogP contribution is -2.47. The predicted octanol–water partition coefficient (Wildman–Crippen LogP) is 3.79. The van der Waals surface area contributed by atoms with E-state index in [1.165, 1.54) is 18.2 Å². The molecule has 1 aliphatic heterocycles. The number of anilines is 1. The molecule has 3 rings (SSSR count). The van der Waals surface area contributed by atoms with Gasteiger partial charge >= 0.3 is 6.03 Å². The Morgan fingerprint density at radius 2 is 1.91 bits per heavy atom. The lowest BCUT2D eigenvalue weighted by atomic mass is 9.98. The standard InChI is InChI=1S/C26H33FN4O4/c1-2-3-14-35-23-11-9-20(10-12-23)25(33)28-17-24(32)31-13-5-6-19(18-31)16-29-26(34)30-22-8-4-7-21(27)15-22/h4,7-12,15,19H,2-3,5-6,13-14,16-18H2,1H3,(H,28,33)(H2,29,30,34). The quantitative estimate of drug-likeness (QED) is 0.447. The molecule has 3 N–H and O–H groups in total. The van der Waals surface area contributed by atoms with Crippen LogP contribution in [0.4, 0.5) is 14.9 Å². The number of ether oxygens (including phenoxy) is 1. The molecule has 1 saturated heterocycles. The molecule has 9 heteroatoms. The van der Waals surface area contributed by atoms with Crippen LogP contribution < -0.4 is 20.7 Å². The third-order valence-electron chi connectivity index (χ3n) is 5.79. The van der Waals surface area contributed by atoms with Crippen LogP contribution in [-0.4, -0.2) is 55.5 Å². The summed E-state index contributed by atoms with van der Waals surface area (Å²) >= 11 is 0. The van der Waals surface area contributed by atoms with E-state index in [4.69, 9.17) is 4.74 Å². The van der Waals surface area contributed by atoms with Crippen molar-refractivity contribution in [2.45, 2.75) is 32.6 Å². The molecule has 2 aromatic rings. The lowest BCUT2D eigenvalue weighted by Gasteiger charge is -2.33. The summed E-state index contributed by atoms with van der Waals surface area (Å²) in [7, 11) is 0. The van der Waals surface area contributed by atoms with Gasteiger partial charge in [0.2, 0.25) is 5.91 Å². The molecular formula is C26H33FN4O4. The highest BCUT2D eigenvalue weighted by molar-refractivity contribution is 5.96. The van der Waals surface area contributed by atoms with E-state index in [9.17, 15) is 18.8 Å². The Balaban J connectivity index is 1.39. The van der Waals surface area contributed by atoms with Gasteiger partial charge in [-0.15, -0.1) is 0 Å². The Labute approximate surface area is 205 Å². The first kappa shape index (κ1) is 26.0. The second-order valence-corrected chi connectivity index (χ2v) is 8.60. The summed E-state index contributed by atoms with van der Waals surface area (Å²) < 4.78 is 18.8. The van der Waals surface area contributed by atoms with Gasteiger partial charge in [0.15, 0.2) is 0 Å². The minimum absolute atomic E-state index is 0.0895. The van der Waals surface area contributed by atoms with Crippen LogP contribution in [0.3, 0.4) is 0 Å². The normalized spacial score (nSPS) is 15.3. The summed E-state index contributed by atoms with van der Waals surface area (Å²) in [5.74, 6) is -0.0928. The number of nitrogens with zero attached hydrogens (tertiary/aromatic N) is 1. The van der Waals surface area contributed by atoms with E-state index in [0.29, 0.717) is 43.2 Å². The van der Waals surface area contributed by atoms with E-state index in [2.05, 4.69) is 22.9 Å². The highest BCUT2D eigenvalue weighted by atomic mass is 19.1. The van der Waals surface area contributed by atoms with Gasteiger partial charge in [-0.25, -0.2) is 9.18 Å². The van der Waals surface area contributed by atoms with Crippen molar-refractivity contribution in [3.63, 3.8) is 0 Å². The van der Waals surface area contributed by atoms with Crippen LogP contribution in [0.1, 0.15) is 43.0 Å². The van der Waals surface area contributed by atoms with Crippen molar-refractivity contribution in [2.24, 2.45) is 5.92 Å². The second kappa shape index (κ2) is 13.3. The number of amides is 4. The van der Waals surface area contributed by atoms with Gasteiger partial charge in [0, 0.05) is 30.9 Å². The largest absolute Gasteiger partial charge is 0.494 e. The number of halogens is 1. The summed E-state index contributed by atoms with van der Waals surface area (Å²) in [6.07, 6.45) is 3.72. The minimum Gasteiger partial charge on any atom is -0.494 e. The number of carbonyl (C=O) groups excluding carboxylic acids is 3. The molecular weight excluding hydrogens is 451 g/mol. The van der Waals surface area contributed by atoms with Crippen LogP contribution in [0.25, 0.3) is 0 Å². The number of piperidine rings is 1. The summed E-state index contributed by atoms with van der Waals surface area (Å²) in [5, 5.41) is 8.06. The number of likely N-dealkylation sites (tertiary alicyclic amines) is 1. The average molecular weight is 485 g/mol. The summed E-state index contributed by atoms with van der Waals surface area (Å²) in [4.78, 5) is 38.9. The van der Waals surface area contributed by atoms with Gasteiger partial charge in [0.05, 0.1) is 13.2 Å². The first-order chi connectivity index (χ1) is 16.9. The molecule has 8 nitrogen and oxygen atoms in total. The van der Waals surface area contributed by atoms with Crippen LogP contribution >= 0.6 is 0 Å². The van der Waals surface area contributed by atoms with Gasteiger partial charge in [-0.3, -0.25) is 9.59 Å². The second-order valence-electron chi connectivity index (χ2n) is 8.60. The Hall–Kier alpha value is -3.62. The maximum absolute atomic E-state index is 13.2. The molecule has 35 heavy (non-hydrogen) atoms. The molecule has 1 fully saturated rings. The van der Waals surface area contributed by atoms with Crippen LogP contribution in [0.5, 0.6) is 5.75 Å².